The van der Waals surface area contributed by atoms with Gasteiger partial charge in [0.15, 0.2) is 0 Å². The highest BCUT2D eigenvalue weighted by Crippen LogP contribution is 2.25. The lowest BCUT2D eigenvalue weighted by Gasteiger charge is -2.27. The number of ether oxygens (including phenoxy) is 2. The second kappa shape index (κ2) is 9.63. The maximum atomic E-state index is 12.8. The first-order valence-electron chi connectivity index (χ1n) is 10.6. The Morgan fingerprint density at radius 1 is 0.970 bits per heavy atom. The molecule has 0 amide bonds. The smallest absolute Gasteiger partial charge is 0.261 e. The zero-order chi connectivity index (χ0) is 23.4. The second-order valence-corrected chi connectivity index (χ2v) is 9.42. The van der Waals surface area contributed by atoms with Crippen LogP contribution < -0.4 is 19.7 Å². The van der Waals surface area contributed by atoms with Crippen LogP contribution in [-0.4, -0.2) is 51.8 Å². The molecule has 4 rings (SSSR count). The summed E-state index contributed by atoms with van der Waals surface area (Å²) in [6.07, 6.45) is 0. The summed E-state index contributed by atoms with van der Waals surface area (Å²) in [6, 6.07) is 13.6. The molecule has 0 aliphatic carbocycles. The summed E-state index contributed by atoms with van der Waals surface area (Å²) in [5, 5.41) is 3.27. The van der Waals surface area contributed by atoms with Crippen molar-refractivity contribution < 1.29 is 17.9 Å². The van der Waals surface area contributed by atoms with Gasteiger partial charge in [-0.15, -0.1) is 0 Å². The number of hydrogen-bond donors (Lipinski definition) is 2. The SMILES string of the molecule is COc1ccc(S(=O)(=O)Nc2ccc(Nc3cc(C)nc(N4CCOCC4)n3)cc2)cc1C. The minimum absolute atomic E-state index is 0.176. The van der Waals surface area contributed by atoms with Crippen LogP contribution in [0.2, 0.25) is 0 Å². The molecule has 0 unspecified atom stereocenters. The fourth-order valence-electron chi connectivity index (χ4n) is 3.52. The topological polar surface area (TPSA) is 106 Å². The number of anilines is 4. The zero-order valence-electron chi connectivity index (χ0n) is 18.8. The first kappa shape index (κ1) is 22.8. The molecule has 33 heavy (non-hydrogen) atoms. The van der Waals surface area contributed by atoms with Crippen LogP contribution in [0.15, 0.2) is 53.4 Å². The van der Waals surface area contributed by atoms with Crippen molar-refractivity contribution in [3.63, 3.8) is 0 Å². The number of methoxy groups -OCH3 is 1. The summed E-state index contributed by atoms with van der Waals surface area (Å²) in [5.41, 5.74) is 2.84. The standard InChI is InChI=1S/C23H27N5O4S/c1-16-14-20(8-9-21(16)31-3)33(29,30)27-19-6-4-18(5-7-19)25-22-15-17(2)24-23(26-22)28-10-12-32-13-11-28/h4-9,14-15,27H,10-13H2,1-3H3,(H,24,25,26). The molecule has 1 aliphatic heterocycles. The molecule has 3 aromatic rings. The van der Waals surface area contributed by atoms with E-state index in [1.807, 2.05) is 13.0 Å². The van der Waals surface area contributed by atoms with E-state index in [4.69, 9.17) is 9.47 Å². The zero-order valence-corrected chi connectivity index (χ0v) is 19.6. The Morgan fingerprint density at radius 2 is 1.67 bits per heavy atom. The molecule has 1 aromatic heterocycles. The molecule has 10 heteroatoms. The number of aromatic nitrogens is 2. The van der Waals surface area contributed by atoms with E-state index in [1.54, 1.807) is 50.4 Å². The van der Waals surface area contributed by atoms with Crippen molar-refractivity contribution in [1.82, 2.24) is 9.97 Å². The molecular weight excluding hydrogens is 442 g/mol. The van der Waals surface area contributed by atoms with Gasteiger partial charge in [-0.3, -0.25) is 4.72 Å². The molecule has 2 N–H and O–H groups in total. The Hall–Kier alpha value is -3.37. The van der Waals surface area contributed by atoms with Gasteiger partial charge in [-0.2, -0.15) is 4.98 Å². The summed E-state index contributed by atoms with van der Waals surface area (Å²) in [6.45, 7) is 6.56. The lowest BCUT2D eigenvalue weighted by Crippen LogP contribution is -2.37. The third-order valence-corrected chi connectivity index (χ3v) is 6.60. The quantitative estimate of drug-likeness (QED) is 0.542. The third kappa shape index (κ3) is 5.52. The monoisotopic (exact) mass is 469 g/mol. The first-order valence-corrected chi connectivity index (χ1v) is 12.1. The molecule has 2 aromatic carbocycles. The summed E-state index contributed by atoms with van der Waals surface area (Å²) >= 11 is 0. The van der Waals surface area contributed by atoms with Gasteiger partial charge in [0.2, 0.25) is 5.95 Å². The molecule has 0 spiro atoms. The van der Waals surface area contributed by atoms with Gasteiger partial charge >= 0.3 is 0 Å². The van der Waals surface area contributed by atoms with Crippen molar-refractivity contribution in [3.8, 4) is 5.75 Å². The highest BCUT2D eigenvalue weighted by molar-refractivity contribution is 7.92. The number of morpholine rings is 1. The van der Waals surface area contributed by atoms with Crippen LogP contribution in [0.4, 0.5) is 23.1 Å². The van der Waals surface area contributed by atoms with Crippen LogP contribution in [0.5, 0.6) is 5.75 Å². The second-order valence-electron chi connectivity index (χ2n) is 7.73. The largest absolute Gasteiger partial charge is 0.496 e. The average Bonchev–Trinajstić information content (AvgIpc) is 2.80. The van der Waals surface area contributed by atoms with Gasteiger partial charge in [-0.05, 0) is 61.9 Å². The number of hydrogen-bond acceptors (Lipinski definition) is 8. The van der Waals surface area contributed by atoms with Crippen molar-refractivity contribution in [2.24, 2.45) is 0 Å². The Labute approximate surface area is 193 Å². The predicted molar refractivity (Wildman–Crippen MR) is 128 cm³/mol. The predicted octanol–water partition coefficient (Wildman–Crippen LogP) is 3.48. The molecule has 9 nitrogen and oxygen atoms in total. The van der Waals surface area contributed by atoms with E-state index in [0.29, 0.717) is 36.4 Å². The molecule has 0 saturated carbocycles. The van der Waals surface area contributed by atoms with Crippen LogP contribution in [0.1, 0.15) is 11.3 Å². The van der Waals surface area contributed by atoms with Gasteiger partial charge in [-0.1, -0.05) is 0 Å². The average molecular weight is 470 g/mol. The van der Waals surface area contributed by atoms with E-state index in [1.165, 1.54) is 6.07 Å². The van der Waals surface area contributed by atoms with Crippen LogP contribution in [0.25, 0.3) is 0 Å². The number of nitrogens with one attached hydrogen (secondary N) is 2. The maximum absolute atomic E-state index is 12.8. The first-order chi connectivity index (χ1) is 15.8. The van der Waals surface area contributed by atoms with Gasteiger partial charge in [0.05, 0.1) is 25.2 Å². The lowest BCUT2D eigenvalue weighted by molar-refractivity contribution is 0.122. The van der Waals surface area contributed by atoms with Crippen molar-refractivity contribution in [1.29, 1.82) is 0 Å². The normalized spacial score (nSPS) is 14.1. The molecule has 1 fully saturated rings. The third-order valence-electron chi connectivity index (χ3n) is 5.22. The molecule has 174 valence electrons. The van der Waals surface area contributed by atoms with Crippen molar-refractivity contribution >= 4 is 33.2 Å². The van der Waals surface area contributed by atoms with Gasteiger partial charge < -0.3 is 19.7 Å². The highest BCUT2D eigenvalue weighted by atomic mass is 32.2. The minimum atomic E-state index is -3.72. The Bertz CT molecular complexity index is 1230. The van der Waals surface area contributed by atoms with Crippen LogP contribution in [0, 0.1) is 13.8 Å². The van der Waals surface area contributed by atoms with E-state index >= 15 is 0 Å². The van der Waals surface area contributed by atoms with Gasteiger partial charge in [0.25, 0.3) is 10.0 Å². The van der Waals surface area contributed by atoms with Crippen molar-refractivity contribution in [2.45, 2.75) is 18.7 Å². The van der Waals surface area contributed by atoms with E-state index < -0.39 is 10.0 Å². The highest BCUT2D eigenvalue weighted by Gasteiger charge is 2.17. The lowest BCUT2D eigenvalue weighted by atomic mass is 10.2. The molecule has 0 atom stereocenters. The summed E-state index contributed by atoms with van der Waals surface area (Å²) in [7, 11) is -2.17. The number of benzene rings is 2. The summed E-state index contributed by atoms with van der Waals surface area (Å²) < 4.78 is 38.7. The molecule has 0 radical (unpaired) electrons. The summed E-state index contributed by atoms with van der Waals surface area (Å²) in [5.74, 6) is 1.98. The van der Waals surface area contributed by atoms with E-state index in [2.05, 4.69) is 24.9 Å². The molecular formula is C23H27N5O4S. The van der Waals surface area contributed by atoms with E-state index in [0.717, 1.165) is 30.0 Å². The van der Waals surface area contributed by atoms with Crippen LogP contribution >= 0.6 is 0 Å². The van der Waals surface area contributed by atoms with Crippen molar-refractivity contribution in [2.75, 3.05) is 48.4 Å². The molecule has 0 bridgehead atoms. The van der Waals surface area contributed by atoms with E-state index in [9.17, 15) is 8.42 Å². The number of aryl methyl sites for hydroxylation is 2. The Morgan fingerprint density at radius 3 is 2.33 bits per heavy atom. The minimum Gasteiger partial charge on any atom is -0.496 e. The molecule has 2 heterocycles. The van der Waals surface area contributed by atoms with Gasteiger partial charge in [-0.25, -0.2) is 13.4 Å². The van der Waals surface area contributed by atoms with Gasteiger partial charge in [0.1, 0.15) is 11.6 Å². The Kier molecular flexibility index (Phi) is 6.66. The fraction of sp³-hybridized carbons (Fsp3) is 0.304. The number of sulfonamides is 1. The Balaban J connectivity index is 1.46. The van der Waals surface area contributed by atoms with Gasteiger partial charge in [0, 0.05) is 36.2 Å². The molecule has 1 aliphatic rings. The fourth-order valence-corrected chi connectivity index (χ4v) is 4.67. The van der Waals surface area contributed by atoms with Crippen molar-refractivity contribution in [3.05, 3.63) is 59.8 Å². The summed E-state index contributed by atoms with van der Waals surface area (Å²) in [4.78, 5) is 11.4. The van der Waals surface area contributed by atoms with Crippen LogP contribution in [0.3, 0.4) is 0 Å². The molecule has 1 saturated heterocycles. The van der Waals surface area contributed by atoms with Crippen LogP contribution in [-0.2, 0) is 14.8 Å². The maximum Gasteiger partial charge on any atom is 0.261 e. The number of nitrogens with zero attached hydrogens (tertiary/aromatic N) is 3. The van der Waals surface area contributed by atoms with E-state index in [-0.39, 0.29) is 4.90 Å². The number of rotatable bonds is 7.